The number of ketones is 1. The van der Waals surface area contributed by atoms with Crippen LogP contribution >= 0.6 is 0 Å². The van der Waals surface area contributed by atoms with Gasteiger partial charge in [0.15, 0.2) is 5.78 Å². The zero-order chi connectivity index (χ0) is 15.6. The van der Waals surface area contributed by atoms with Crippen LogP contribution in [0.4, 0.5) is 17.6 Å². The summed E-state index contributed by atoms with van der Waals surface area (Å²) in [7, 11) is 1.21. The molecule has 2 nitrogen and oxygen atoms in total. The first kappa shape index (κ1) is 15.0. The van der Waals surface area contributed by atoms with Gasteiger partial charge in [0.25, 0.3) is 0 Å². The molecule has 0 saturated carbocycles. The molecule has 0 aliphatic rings. The summed E-state index contributed by atoms with van der Waals surface area (Å²) in [6.45, 7) is 0. The number of alkyl halides is 3. The average Bonchev–Trinajstić information content (AvgIpc) is 2.45. The van der Waals surface area contributed by atoms with E-state index >= 15 is 0 Å². The second kappa shape index (κ2) is 5.55. The number of hydrogen-bond donors (Lipinski definition) is 0. The number of benzene rings is 2. The summed E-state index contributed by atoms with van der Waals surface area (Å²) in [5.74, 6) is -2.12. The zero-order valence-electron chi connectivity index (χ0n) is 10.9. The van der Waals surface area contributed by atoms with E-state index in [4.69, 9.17) is 4.74 Å². The molecular formula is C15H10F4O2. The first-order valence-corrected chi connectivity index (χ1v) is 5.89. The van der Waals surface area contributed by atoms with Crippen LogP contribution in [0.15, 0.2) is 42.5 Å². The topological polar surface area (TPSA) is 26.3 Å². The molecule has 21 heavy (non-hydrogen) atoms. The third-order valence-electron chi connectivity index (χ3n) is 2.90. The number of hydrogen-bond acceptors (Lipinski definition) is 2. The summed E-state index contributed by atoms with van der Waals surface area (Å²) in [6.07, 6.45) is -4.70. The quantitative estimate of drug-likeness (QED) is 0.630. The predicted octanol–water partition coefficient (Wildman–Crippen LogP) is 4.08. The Hall–Kier alpha value is -2.37. The fraction of sp³-hybridized carbons (Fsp3) is 0.133. The van der Waals surface area contributed by atoms with E-state index in [-0.39, 0.29) is 5.75 Å². The lowest BCUT2D eigenvalue weighted by Crippen LogP contribution is -2.15. The van der Waals surface area contributed by atoms with Crippen LogP contribution in [0.25, 0.3) is 0 Å². The Kier molecular flexibility index (Phi) is 3.97. The van der Waals surface area contributed by atoms with Crippen LogP contribution in [0.1, 0.15) is 21.5 Å². The van der Waals surface area contributed by atoms with Gasteiger partial charge in [-0.2, -0.15) is 13.2 Å². The molecular weight excluding hydrogens is 288 g/mol. The van der Waals surface area contributed by atoms with Gasteiger partial charge in [0.05, 0.1) is 12.7 Å². The van der Waals surface area contributed by atoms with Gasteiger partial charge in [-0.1, -0.05) is 24.3 Å². The minimum atomic E-state index is -4.70. The van der Waals surface area contributed by atoms with E-state index < -0.39 is 34.5 Å². The molecule has 6 heteroatoms. The molecule has 0 unspecified atom stereocenters. The van der Waals surface area contributed by atoms with Gasteiger partial charge in [-0.3, -0.25) is 4.79 Å². The Morgan fingerprint density at radius 3 is 2.33 bits per heavy atom. The summed E-state index contributed by atoms with van der Waals surface area (Å²) in [6, 6.07) is 7.85. The second-order valence-corrected chi connectivity index (χ2v) is 4.19. The summed E-state index contributed by atoms with van der Waals surface area (Å²) in [5, 5.41) is 0. The van der Waals surface area contributed by atoms with Crippen LogP contribution in [0.3, 0.4) is 0 Å². The van der Waals surface area contributed by atoms with E-state index in [1.807, 2.05) is 0 Å². The monoisotopic (exact) mass is 298 g/mol. The maximum Gasteiger partial charge on any atom is 0.417 e. The van der Waals surface area contributed by atoms with Crippen LogP contribution in [0.2, 0.25) is 0 Å². The lowest BCUT2D eigenvalue weighted by Gasteiger charge is -2.13. The van der Waals surface area contributed by atoms with Crippen molar-refractivity contribution in [3.05, 3.63) is 65.0 Å². The van der Waals surface area contributed by atoms with Crippen molar-refractivity contribution in [3.8, 4) is 5.75 Å². The van der Waals surface area contributed by atoms with Gasteiger partial charge in [-0.15, -0.1) is 0 Å². The minimum absolute atomic E-state index is 0.114. The maximum absolute atomic E-state index is 13.8. The number of carbonyl (C=O) groups excluding carboxylic acids is 1. The standard InChI is InChI=1S/C15H10F4O2/c1-21-12-8-4-7-11(16)13(12)14(20)9-5-2-3-6-10(9)15(17,18)19/h2-8H,1H3. The Labute approximate surface area is 118 Å². The molecule has 2 rings (SSSR count). The first-order chi connectivity index (χ1) is 9.86. The van der Waals surface area contributed by atoms with Gasteiger partial charge in [-0.25, -0.2) is 4.39 Å². The van der Waals surface area contributed by atoms with Crippen molar-refractivity contribution in [2.75, 3.05) is 7.11 Å². The summed E-state index contributed by atoms with van der Waals surface area (Å²) in [5.41, 5.74) is -2.24. The Morgan fingerprint density at radius 2 is 1.71 bits per heavy atom. The van der Waals surface area contributed by atoms with Crippen LogP contribution in [0, 0.1) is 5.82 Å². The third-order valence-corrected chi connectivity index (χ3v) is 2.90. The Bertz CT molecular complexity index is 678. The molecule has 0 fully saturated rings. The minimum Gasteiger partial charge on any atom is -0.496 e. The van der Waals surface area contributed by atoms with Crippen molar-refractivity contribution in [2.45, 2.75) is 6.18 Å². The van der Waals surface area contributed by atoms with Crippen molar-refractivity contribution in [2.24, 2.45) is 0 Å². The summed E-state index contributed by atoms with van der Waals surface area (Å²) >= 11 is 0. The zero-order valence-corrected chi connectivity index (χ0v) is 10.9. The molecule has 0 bridgehead atoms. The molecule has 110 valence electrons. The van der Waals surface area contributed by atoms with Gasteiger partial charge in [-0.05, 0) is 18.2 Å². The summed E-state index contributed by atoms with van der Waals surface area (Å²) < 4.78 is 57.5. The number of rotatable bonds is 3. The number of methoxy groups -OCH3 is 1. The lowest BCUT2D eigenvalue weighted by atomic mass is 9.97. The van der Waals surface area contributed by atoms with E-state index in [0.717, 1.165) is 24.3 Å². The highest BCUT2D eigenvalue weighted by atomic mass is 19.4. The molecule has 0 N–H and O–H groups in total. The van der Waals surface area contributed by atoms with E-state index in [1.54, 1.807) is 0 Å². The normalized spacial score (nSPS) is 11.3. The number of halogens is 4. The molecule has 0 aliphatic carbocycles. The molecule has 0 spiro atoms. The van der Waals surface area contributed by atoms with Crippen molar-refractivity contribution < 1.29 is 27.1 Å². The van der Waals surface area contributed by atoms with E-state index in [0.29, 0.717) is 0 Å². The first-order valence-electron chi connectivity index (χ1n) is 5.89. The molecule has 0 saturated heterocycles. The third kappa shape index (κ3) is 2.89. The van der Waals surface area contributed by atoms with E-state index in [2.05, 4.69) is 0 Å². The van der Waals surface area contributed by atoms with Crippen molar-refractivity contribution >= 4 is 5.78 Å². The lowest BCUT2D eigenvalue weighted by molar-refractivity contribution is -0.137. The molecule has 0 radical (unpaired) electrons. The van der Waals surface area contributed by atoms with Crippen LogP contribution in [-0.4, -0.2) is 12.9 Å². The van der Waals surface area contributed by atoms with Gasteiger partial charge in [0, 0.05) is 5.56 Å². The highest BCUT2D eigenvalue weighted by Gasteiger charge is 2.36. The number of carbonyl (C=O) groups is 1. The smallest absolute Gasteiger partial charge is 0.417 e. The highest BCUT2D eigenvalue weighted by molar-refractivity contribution is 6.11. The molecule has 2 aromatic rings. The van der Waals surface area contributed by atoms with Gasteiger partial charge < -0.3 is 4.74 Å². The largest absolute Gasteiger partial charge is 0.496 e. The van der Waals surface area contributed by atoms with Gasteiger partial charge in [0.1, 0.15) is 17.1 Å². The fourth-order valence-electron chi connectivity index (χ4n) is 1.96. The van der Waals surface area contributed by atoms with E-state index in [9.17, 15) is 22.4 Å². The van der Waals surface area contributed by atoms with Gasteiger partial charge >= 0.3 is 6.18 Å². The SMILES string of the molecule is COc1cccc(F)c1C(=O)c1ccccc1C(F)(F)F. The highest BCUT2D eigenvalue weighted by Crippen LogP contribution is 2.34. The van der Waals surface area contributed by atoms with Crippen LogP contribution in [-0.2, 0) is 6.18 Å². The van der Waals surface area contributed by atoms with Crippen LogP contribution in [0.5, 0.6) is 5.75 Å². The van der Waals surface area contributed by atoms with Crippen molar-refractivity contribution in [3.63, 3.8) is 0 Å². The molecule has 0 heterocycles. The van der Waals surface area contributed by atoms with E-state index in [1.165, 1.54) is 25.3 Å². The molecule has 0 aromatic heterocycles. The molecule has 0 atom stereocenters. The Balaban J connectivity index is 2.62. The average molecular weight is 298 g/mol. The molecule has 0 aliphatic heterocycles. The molecule has 0 amide bonds. The van der Waals surface area contributed by atoms with Crippen LogP contribution < -0.4 is 4.74 Å². The maximum atomic E-state index is 13.8. The second-order valence-electron chi connectivity index (χ2n) is 4.19. The number of ether oxygens (including phenoxy) is 1. The fourth-order valence-corrected chi connectivity index (χ4v) is 1.96. The summed E-state index contributed by atoms with van der Waals surface area (Å²) in [4.78, 5) is 12.3. The van der Waals surface area contributed by atoms with Crippen molar-refractivity contribution in [1.82, 2.24) is 0 Å². The van der Waals surface area contributed by atoms with Crippen molar-refractivity contribution in [1.29, 1.82) is 0 Å². The molecule has 2 aromatic carbocycles. The van der Waals surface area contributed by atoms with Gasteiger partial charge in [0.2, 0.25) is 0 Å². The Morgan fingerprint density at radius 1 is 1.05 bits per heavy atom. The predicted molar refractivity (Wildman–Crippen MR) is 67.8 cm³/mol.